The van der Waals surface area contributed by atoms with E-state index in [4.69, 9.17) is 16.3 Å². The summed E-state index contributed by atoms with van der Waals surface area (Å²) < 4.78 is 17.9. The van der Waals surface area contributed by atoms with Crippen molar-refractivity contribution < 1.29 is 13.9 Å². The van der Waals surface area contributed by atoms with E-state index in [2.05, 4.69) is 5.32 Å². The maximum absolute atomic E-state index is 12.8. The molecule has 0 aliphatic rings. The second-order valence-corrected chi connectivity index (χ2v) is 5.86. The number of rotatable bonds is 4. The van der Waals surface area contributed by atoms with E-state index in [1.165, 1.54) is 0 Å². The van der Waals surface area contributed by atoms with Gasteiger partial charge in [0.15, 0.2) is 0 Å². The number of ether oxygens (including phenoxy) is 1. The van der Waals surface area contributed by atoms with Gasteiger partial charge in [0.25, 0.3) is 0 Å². The predicted octanol–water partition coefficient (Wildman–Crippen LogP) is 4.26. The van der Waals surface area contributed by atoms with Crippen LogP contribution in [0.4, 0.5) is 9.18 Å². The second kappa shape index (κ2) is 7.29. The summed E-state index contributed by atoms with van der Waals surface area (Å²) in [6.45, 7) is 5.42. The Bertz CT molecular complexity index is 478. The molecule has 0 heterocycles. The van der Waals surface area contributed by atoms with Crippen molar-refractivity contribution in [3.8, 4) is 0 Å². The van der Waals surface area contributed by atoms with Crippen LogP contribution >= 0.6 is 11.6 Å². The van der Waals surface area contributed by atoms with Crippen molar-refractivity contribution in [3.05, 3.63) is 46.8 Å². The van der Waals surface area contributed by atoms with Gasteiger partial charge in [-0.3, -0.25) is 0 Å². The monoisotopic (exact) mass is 299 g/mol. The molecule has 0 aliphatic carbocycles. The molecule has 1 aromatic rings. The van der Waals surface area contributed by atoms with Crippen LogP contribution in [0.25, 0.3) is 0 Å². The fourth-order valence-corrected chi connectivity index (χ4v) is 1.63. The third-order valence-corrected chi connectivity index (χ3v) is 2.61. The fraction of sp³-hybridized carbons (Fsp3) is 0.400. The molecule has 0 aliphatic heterocycles. The molecule has 5 heteroatoms. The summed E-state index contributed by atoms with van der Waals surface area (Å²) in [5.41, 5.74) is 0.808. The highest BCUT2D eigenvalue weighted by Gasteiger charge is 2.16. The Labute approximate surface area is 123 Å². The lowest BCUT2D eigenvalue weighted by atomic mass is 10.1. The molecule has 0 saturated carbocycles. The van der Waals surface area contributed by atoms with Crippen molar-refractivity contribution in [2.45, 2.75) is 32.8 Å². The fourth-order valence-electron chi connectivity index (χ4n) is 1.50. The predicted molar refractivity (Wildman–Crippen MR) is 78.6 cm³/mol. The van der Waals surface area contributed by atoms with Gasteiger partial charge < -0.3 is 10.1 Å². The summed E-state index contributed by atoms with van der Waals surface area (Å²) in [5, 5.41) is 3.16. The summed E-state index contributed by atoms with van der Waals surface area (Å²) >= 11 is 5.78. The molecule has 0 spiro atoms. The van der Waals surface area contributed by atoms with E-state index in [1.807, 2.05) is 12.1 Å². The molecule has 1 amide bonds. The van der Waals surface area contributed by atoms with Gasteiger partial charge in [-0.2, -0.15) is 0 Å². The van der Waals surface area contributed by atoms with E-state index in [0.717, 1.165) is 5.56 Å². The molecular weight excluding hydrogens is 281 g/mol. The van der Waals surface area contributed by atoms with Crippen LogP contribution in [0, 0.1) is 0 Å². The van der Waals surface area contributed by atoms with Gasteiger partial charge in [-0.25, -0.2) is 9.18 Å². The molecule has 0 saturated heterocycles. The van der Waals surface area contributed by atoms with E-state index in [9.17, 15) is 9.18 Å². The van der Waals surface area contributed by atoms with Crippen molar-refractivity contribution in [3.63, 3.8) is 0 Å². The normalized spacial score (nSPS) is 12.2. The highest BCUT2D eigenvalue weighted by Crippen LogP contribution is 2.13. The number of benzene rings is 1. The number of amides is 1. The van der Waals surface area contributed by atoms with Gasteiger partial charge in [0.1, 0.15) is 5.60 Å². The summed E-state index contributed by atoms with van der Waals surface area (Å²) in [7, 11) is 0. The molecule has 1 N–H and O–H groups in total. The van der Waals surface area contributed by atoms with Crippen molar-refractivity contribution in [1.82, 2.24) is 5.32 Å². The Morgan fingerprint density at radius 1 is 1.35 bits per heavy atom. The molecule has 1 rings (SSSR count). The lowest BCUT2D eigenvalue weighted by Gasteiger charge is -2.20. The Kier molecular flexibility index (Phi) is 6.02. The van der Waals surface area contributed by atoms with Crippen LogP contribution in [-0.4, -0.2) is 18.2 Å². The minimum Gasteiger partial charge on any atom is -0.444 e. The Morgan fingerprint density at radius 2 is 1.95 bits per heavy atom. The molecule has 110 valence electrons. The Hall–Kier alpha value is -1.55. The van der Waals surface area contributed by atoms with Gasteiger partial charge in [-0.05, 0) is 50.5 Å². The number of hydrogen-bond donors (Lipinski definition) is 1. The van der Waals surface area contributed by atoms with Gasteiger partial charge >= 0.3 is 6.09 Å². The Balaban J connectivity index is 2.48. The maximum Gasteiger partial charge on any atom is 0.407 e. The first-order chi connectivity index (χ1) is 9.30. The molecule has 0 bridgehead atoms. The minimum atomic E-state index is -0.570. The Morgan fingerprint density at radius 3 is 2.45 bits per heavy atom. The zero-order valence-corrected chi connectivity index (χ0v) is 12.6. The molecule has 0 fully saturated rings. The molecule has 3 nitrogen and oxygen atoms in total. The van der Waals surface area contributed by atoms with Crippen LogP contribution in [-0.2, 0) is 11.2 Å². The van der Waals surface area contributed by atoms with Crippen LogP contribution in [0.2, 0.25) is 5.02 Å². The number of carbonyl (C=O) groups is 1. The van der Waals surface area contributed by atoms with Crippen molar-refractivity contribution in [2.24, 2.45) is 0 Å². The van der Waals surface area contributed by atoms with Crippen LogP contribution in [0.1, 0.15) is 26.3 Å². The molecular formula is C15H19ClFNO2. The van der Waals surface area contributed by atoms with Gasteiger partial charge in [-0.1, -0.05) is 23.7 Å². The number of carbonyl (C=O) groups excluding carboxylic acids is 1. The summed E-state index contributed by atoms with van der Waals surface area (Å²) in [5.74, 6) is 0. The highest BCUT2D eigenvalue weighted by atomic mass is 35.5. The molecule has 0 aromatic heterocycles. The van der Waals surface area contributed by atoms with E-state index in [0.29, 0.717) is 23.3 Å². The van der Waals surface area contributed by atoms with E-state index in [1.54, 1.807) is 32.9 Å². The van der Waals surface area contributed by atoms with Crippen LogP contribution < -0.4 is 5.32 Å². The summed E-state index contributed by atoms with van der Waals surface area (Å²) in [6.07, 6.45) is 0.350. The first kappa shape index (κ1) is 16.5. The highest BCUT2D eigenvalue weighted by molar-refractivity contribution is 6.30. The number of nitrogens with one attached hydrogen (secondary N) is 1. The topological polar surface area (TPSA) is 38.3 Å². The van der Waals surface area contributed by atoms with Gasteiger partial charge in [0.2, 0.25) is 0 Å². The minimum absolute atomic E-state index is 0.105. The number of alkyl carbamates (subject to hydrolysis) is 1. The van der Waals surface area contributed by atoms with Crippen LogP contribution in [0.5, 0.6) is 0 Å². The van der Waals surface area contributed by atoms with Gasteiger partial charge in [0.05, 0.1) is 6.33 Å². The lowest BCUT2D eigenvalue weighted by molar-refractivity contribution is 0.0532. The van der Waals surface area contributed by atoms with Crippen LogP contribution in [0.3, 0.4) is 0 Å². The van der Waals surface area contributed by atoms with Crippen molar-refractivity contribution >= 4 is 17.7 Å². The largest absolute Gasteiger partial charge is 0.444 e. The standard InChI is InChI=1S/C15H19ClFNO2/c1-15(2,3)20-14(19)18-10-12(9-17)8-11-4-6-13(16)7-5-11/h4-7,9H,8,10H2,1-3H3,(H,18,19). The summed E-state index contributed by atoms with van der Waals surface area (Å²) in [6, 6.07) is 7.13. The van der Waals surface area contributed by atoms with Crippen molar-refractivity contribution in [2.75, 3.05) is 6.54 Å². The third kappa shape index (κ3) is 6.57. The molecule has 1 aromatic carbocycles. The van der Waals surface area contributed by atoms with Crippen LogP contribution in [0.15, 0.2) is 36.2 Å². The molecule has 0 atom stereocenters. The first-order valence-electron chi connectivity index (χ1n) is 6.29. The molecule has 0 unspecified atom stereocenters. The zero-order chi connectivity index (χ0) is 15.2. The second-order valence-electron chi connectivity index (χ2n) is 5.43. The zero-order valence-electron chi connectivity index (χ0n) is 11.9. The number of halogens is 2. The average molecular weight is 300 g/mol. The van der Waals surface area contributed by atoms with E-state index >= 15 is 0 Å². The smallest absolute Gasteiger partial charge is 0.407 e. The van der Waals surface area contributed by atoms with E-state index < -0.39 is 11.7 Å². The third-order valence-electron chi connectivity index (χ3n) is 2.36. The maximum atomic E-state index is 12.8. The lowest BCUT2D eigenvalue weighted by Crippen LogP contribution is -2.33. The van der Waals surface area contributed by atoms with Gasteiger partial charge in [0, 0.05) is 11.6 Å². The first-order valence-corrected chi connectivity index (χ1v) is 6.67. The quantitative estimate of drug-likeness (QED) is 0.902. The molecule has 20 heavy (non-hydrogen) atoms. The SMILES string of the molecule is CC(C)(C)OC(=O)NCC(=CF)Cc1ccc(Cl)cc1. The molecule has 0 radical (unpaired) electrons. The average Bonchev–Trinajstić information content (AvgIpc) is 2.34. The van der Waals surface area contributed by atoms with Gasteiger partial charge in [-0.15, -0.1) is 0 Å². The van der Waals surface area contributed by atoms with Crippen molar-refractivity contribution in [1.29, 1.82) is 0 Å². The van der Waals surface area contributed by atoms with E-state index in [-0.39, 0.29) is 6.54 Å². The number of hydrogen-bond acceptors (Lipinski definition) is 2. The summed E-state index contributed by atoms with van der Waals surface area (Å²) in [4.78, 5) is 11.5.